The summed E-state index contributed by atoms with van der Waals surface area (Å²) in [4.78, 5) is 24.0. The second kappa shape index (κ2) is 10.00. The monoisotopic (exact) mass is 368 g/mol. The quantitative estimate of drug-likeness (QED) is 0.617. The van der Waals surface area contributed by atoms with E-state index in [9.17, 15) is 9.90 Å². The highest BCUT2D eigenvalue weighted by atomic mass is 16.4. The van der Waals surface area contributed by atoms with Crippen molar-refractivity contribution >= 4 is 11.8 Å². The van der Waals surface area contributed by atoms with Gasteiger partial charge in [-0.05, 0) is 43.7 Å². The van der Waals surface area contributed by atoms with Crippen LogP contribution >= 0.6 is 0 Å². The number of aromatic nitrogens is 3. The first-order valence-corrected chi connectivity index (χ1v) is 9.94. The van der Waals surface area contributed by atoms with Crippen LogP contribution in [-0.4, -0.2) is 32.6 Å². The lowest BCUT2D eigenvalue weighted by molar-refractivity contribution is -0.139. The van der Waals surface area contributed by atoms with Crippen LogP contribution in [0.2, 0.25) is 0 Å². The maximum atomic E-state index is 11.5. The van der Waals surface area contributed by atoms with Gasteiger partial charge in [0.05, 0.1) is 5.92 Å². The van der Waals surface area contributed by atoms with Crippen molar-refractivity contribution in [3.05, 3.63) is 47.7 Å². The Labute approximate surface area is 160 Å². The van der Waals surface area contributed by atoms with Gasteiger partial charge in [-0.1, -0.05) is 31.7 Å². The molecule has 6 nitrogen and oxygen atoms in total. The van der Waals surface area contributed by atoms with Gasteiger partial charge in [-0.25, -0.2) is 15.0 Å². The van der Waals surface area contributed by atoms with E-state index in [1.54, 1.807) is 12.4 Å². The molecule has 2 aromatic rings. The molecule has 0 bridgehead atoms. The largest absolute Gasteiger partial charge is 0.481 e. The van der Waals surface area contributed by atoms with Crippen molar-refractivity contribution in [3.8, 4) is 0 Å². The van der Waals surface area contributed by atoms with Gasteiger partial charge in [-0.15, -0.1) is 0 Å². The highest BCUT2D eigenvalue weighted by Gasteiger charge is 2.19. The van der Waals surface area contributed by atoms with Gasteiger partial charge in [0.25, 0.3) is 0 Å². The van der Waals surface area contributed by atoms with Gasteiger partial charge in [0, 0.05) is 30.2 Å². The molecule has 144 valence electrons. The van der Waals surface area contributed by atoms with Crippen molar-refractivity contribution in [3.63, 3.8) is 0 Å². The van der Waals surface area contributed by atoms with E-state index in [2.05, 4.69) is 27.4 Å². The van der Waals surface area contributed by atoms with Crippen molar-refractivity contribution in [2.24, 2.45) is 0 Å². The molecular weight excluding hydrogens is 340 g/mol. The molecule has 0 fully saturated rings. The number of carboxylic acids is 1. The highest BCUT2D eigenvalue weighted by Crippen LogP contribution is 2.23. The summed E-state index contributed by atoms with van der Waals surface area (Å²) in [6, 6.07) is 4.37. The number of nitrogens with one attached hydrogen (secondary N) is 1. The fourth-order valence-electron chi connectivity index (χ4n) is 3.62. The third kappa shape index (κ3) is 5.74. The number of hydrogen-bond acceptors (Lipinski definition) is 5. The van der Waals surface area contributed by atoms with Crippen LogP contribution < -0.4 is 5.32 Å². The lowest BCUT2D eigenvalue weighted by Gasteiger charge is -2.17. The summed E-state index contributed by atoms with van der Waals surface area (Å²) in [5, 5.41) is 12.8. The molecule has 2 N–H and O–H groups in total. The molecule has 0 saturated carbocycles. The fraction of sp³-hybridized carbons (Fsp3) is 0.524. The molecule has 3 heterocycles. The Morgan fingerprint density at radius 1 is 1.11 bits per heavy atom. The van der Waals surface area contributed by atoms with Crippen LogP contribution in [0.4, 0.5) is 5.82 Å². The number of nitrogens with zero attached hydrogens (tertiary/aromatic N) is 3. The van der Waals surface area contributed by atoms with Crippen molar-refractivity contribution in [2.45, 2.75) is 63.7 Å². The molecule has 0 spiro atoms. The lowest BCUT2D eigenvalue weighted by atomic mass is 9.95. The average molecular weight is 368 g/mol. The van der Waals surface area contributed by atoms with Gasteiger partial charge < -0.3 is 10.4 Å². The summed E-state index contributed by atoms with van der Waals surface area (Å²) in [6.45, 7) is 1.02. The first-order chi connectivity index (χ1) is 13.2. The highest BCUT2D eigenvalue weighted by molar-refractivity contribution is 5.75. The number of aryl methyl sites for hydroxylation is 2. The van der Waals surface area contributed by atoms with Gasteiger partial charge in [-0.3, -0.25) is 4.79 Å². The maximum absolute atomic E-state index is 11.5. The van der Waals surface area contributed by atoms with Crippen LogP contribution in [0, 0.1) is 0 Å². The van der Waals surface area contributed by atoms with E-state index in [1.807, 2.05) is 0 Å². The molecule has 1 aliphatic heterocycles. The molecule has 1 atom stereocenters. The minimum Gasteiger partial charge on any atom is -0.481 e. The molecular formula is C21H28N4O2. The van der Waals surface area contributed by atoms with Crippen molar-refractivity contribution in [1.82, 2.24) is 15.0 Å². The number of fused-ring (bicyclic) bond motifs is 1. The zero-order valence-electron chi connectivity index (χ0n) is 15.7. The number of anilines is 1. The number of carbonyl (C=O) groups is 1. The maximum Gasteiger partial charge on any atom is 0.311 e. The standard InChI is InChI=1S/C21H28N4O2/c26-21(27)19(17-13-22-15-23-14-17)9-5-3-1-2-4-8-18-11-10-16-7-6-12-24-20(16)25-18/h10-11,13-15,19H,1-9,12H2,(H,24,25)(H,26,27). The van der Waals surface area contributed by atoms with Gasteiger partial charge in [0.2, 0.25) is 0 Å². The first kappa shape index (κ1) is 19.3. The zero-order chi connectivity index (χ0) is 18.9. The molecule has 0 radical (unpaired) electrons. The summed E-state index contributed by atoms with van der Waals surface area (Å²) in [6.07, 6.45) is 14.0. The molecule has 3 rings (SSSR count). The molecule has 0 aromatic carbocycles. The number of pyridine rings is 1. The fourth-order valence-corrected chi connectivity index (χ4v) is 3.62. The number of rotatable bonds is 10. The molecule has 6 heteroatoms. The molecule has 27 heavy (non-hydrogen) atoms. The Bertz CT molecular complexity index is 736. The topological polar surface area (TPSA) is 88.0 Å². The summed E-state index contributed by atoms with van der Waals surface area (Å²) in [5.74, 6) is -0.223. The number of unbranched alkanes of at least 4 members (excludes halogenated alkanes) is 4. The molecule has 1 unspecified atom stereocenters. The second-order valence-electron chi connectivity index (χ2n) is 7.21. The third-order valence-electron chi connectivity index (χ3n) is 5.16. The van der Waals surface area contributed by atoms with Crippen molar-refractivity contribution in [2.75, 3.05) is 11.9 Å². The van der Waals surface area contributed by atoms with E-state index >= 15 is 0 Å². The average Bonchev–Trinajstić information content (AvgIpc) is 2.70. The Hall–Kier alpha value is -2.50. The third-order valence-corrected chi connectivity index (χ3v) is 5.16. The van der Waals surface area contributed by atoms with Gasteiger partial charge >= 0.3 is 5.97 Å². The number of hydrogen-bond donors (Lipinski definition) is 2. The van der Waals surface area contributed by atoms with Crippen LogP contribution in [0.3, 0.4) is 0 Å². The molecule has 1 aliphatic rings. The number of carboxylic acid groups (broad SMARTS) is 1. The normalized spacial score (nSPS) is 14.2. The van der Waals surface area contributed by atoms with Crippen LogP contribution in [0.1, 0.15) is 67.7 Å². The summed E-state index contributed by atoms with van der Waals surface area (Å²) >= 11 is 0. The van der Waals surface area contributed by atoms with E-state index in [-0.39, 0.29) is 0 Å². The SMILES string of the molecule is O=C(O)C(CCCCCCCc1ccc2c(n1)NCCC2)c1cncnc1. The van der Waals surface area contributed by atoms with E-state index in [0.717, 1.165) is 63.0 Å². The predicted molar refractivity (Wildman–Crippen MR) is 105 cm³/mol. The van der Waals surface area contributed by atoms with Crippen LogP contribution in [-0.2, 0) is 17.6 Å². The summed E-state index contributed by atoms with van der Waals surface area (Å²) in [7, 11) is 0. The van der Waals surface area contributed by atoms with Gasteiger partial charge in [0.1, 0.15) is 12.1 Å². The van der Waals surface area contributed by atoms with Crippen molar-refractivity contribution < 1.29 is 9.90 Å². The van der Waals surface area contributed by atoms with E-state index in [0.29, 0.717) is 12.0 Å². The first-order valence-electron chi connectivity index (χ1n) is 9.94. The van der Waals surface area contributed by atoms with E-state index < -0.39 is 11.9 Å². The predicted octanol–water partition coefficient (Wildman–Crippen LogP) is 3.98. The second-order valence-corrected chi connectivity index (χ2v) is 7.21. The smallest absolute Gasteiger partial charge is 0.311 e. The van der Waals surface area contributed by atoms with Crippen LogP contribution in [0.5, 0.6) is 0 Å². The summed E-state index contributed by atoms with van der Waals surface area (Å²) < 4.78 is 0. The van der Waals surface area contributed by atoms with Crippen molar-refractivity contribution in [1.29, 1.82) is 0 Å². The minimum absolute atomic E-state index is 0.501. The minimum atomic E-state index is -0.795. The Kier molecular flexibility index (Phi) is 7.13. The van der Waals surface area contributed by atoms with Gasteiger partial charge in [0.15, 0.2) is 0 Å². The Morgan fingerprint density at radius 2 is 1.89 bits per heavy atom. The number of aliphatic carboxylic acids is 1. The molecule has 0 aliphatic carbocycles. The van der Waals surface area contributed by atoms with Crippen LogP contribution in [0.25, 0.3) is 0 Å². The Balaban J connectivity index is 1.33. The zero-order valence-corrected chi connectivity index (χ0v) is 15.7. The van der Waals surface area contributed by atoms with Crippen LogP contribution in [0.15, 0.2) is 30.9 Å². The van der Waals surface area contributed by atoms with E-state index in [1.165, 1.54) is 18.3 Å². The Morgan fingerprint density at radius 3 is 2.70 bits per heavy atom. The van der Waals surface area contributed by atoms with Gasteiger partial charge in [-0.2, -0.15) is 0 Å². The molecule has 0 saturated heterocycles. The summed E-state index contributed by atoms with van der Waals surface area (Å²) in [5.41, 5.74) is 3.19. The van der Waals surface area contributed by atoms with E-state index in [4.69, 9.17) is 4.98 Å². The lowest BCUT2D eigenvalue weighted by Crippen LogP contribution is -2.14. The molecule has 2 aromatic heterocycles. The molecule has 0 amide bonds.